The number of aromatic nitrogens is 1. The SMILES string of the molecule is COc1ccccc1C1(C(=O)Nc2nc3c(C)cccc3s2)CC1. The number of rotatable bonds is 4. The van der Waals surface area contributed by atoms with E-state index in [1.165, 1.54) is 11.3 Å². The number of ether oxygens (including phenoxy) is 1. The predicted molar refractivity (Wildman–Crippen MR) is 96.9 cm³/mol. The number of hydrogen-bond acceptors (Lipinski definition) is 4. The highest BCUT2D eigenvalue weighted by molar-refractivity contribution is 7.22. The number of aryl methyl sites for hydroxylation is 1. The Labute approximate surface area is 144 Å². The second-order valence-corrected chi connectivity index (χ2v) is 7.21. The van der Waals surface area contributed by atoms with Gasteiger partial charge in [-0.25, -0.2) is 4.98 Å². The summed E-state index contributed by atoms with van der Waals surface area (Å²) in [5.41, 5.74) is 2.55. The number of anilines is 1. The Balaban J connectivity index is 1.64. The van der Waals surface area contributed by atoms with Crippen LogP contribution in [-0.2, 0) is 10.2 Å². The molecule has 1 heterocycles. The molecule has 4 nitrogen and oxygen atoms in total. The van der Waals surface area contributed by atoms with E-state index in [-0.39, 0.29) is 5.91 Å². The third kappa shape index (κ3) is 2.36. The lowest BCUT2D eigenvalue weighted by Gasteiger charge is -2.17. The number of methoxy groups -OCH3 is 1. The van der Waals surface area contributed by atoms with E-state index in [1.54, 1.807) is 7.11 Å². The molecule has 1 amide bonds. The van der Waals surface area contributed by atoms with Gasteiger partial charge in [-0.3, -0.25) is 4.79 Å². The maximum absolute atomic E-state index is 12.9. The number of amides is 1. The van der Waals surface area contributed by atoms with Crippen LogP contribution in [-0.4, -0.2) is 18.0 Å². The zero-order valence-corrected chi connectivity index (χ0v) is 14.4. The third-order valence-corrected chi connectivity index (χ3v) is 5.58. The Morgan fingerprint density at radius 3 is 2.71 bits per heavy atom. The van der Waals surface area contributed by atoms with E-state index in [2.05, 4.69) is 10.3 Å². The lowest BCUT2D eigenvalue weighted by Crippen LogP contribution is -2.28. The minimum absolute atomic E-state index is 0.00343. The summed E-state index contributed by atoms with van der Waals surface area (Å²) in [7, 11) is 1.64. The first-order valence-electron chi connectivity index (χ1n) is 7.95. The van der Waals surface area contributed by atoms with Crippen molar-refractivity contribution in [2.45, 2.75) is 25.2 Å². The fourth-order valence-electron chi connectivity index (χ4n) is 3.14. The smallest absolute Gasteiger partial charge is 0.236 e. The van der Waals surface area contributed by atoms with Crippen LogP contribution in [0.3, 0.4) is 0 Å². The zero-order chi connectivity index (χ0) is 16.7. The van der Waals surface area contributed by atoms with Crippen LogP contribution in [0.1, 0.15) is 24.0 Å². The molecule has 2 aromatic carbocycles. The van der Waals surface area contributed by atoms with Gasteiger partial charge in [-0.15, -0.1) is 0 Å². The molecule has 1 fully saturated rings. The summed E-state index contributed by atoms with van der Waals surface area (Å²) >= 11 is 1.51. The molecule has 0 atom stereocenters. The number of fused-ring (bicyclic) bond motifs is 1. The van der Waals surface area contributed by atoms with Crippen molar-refractivity contribution in [2.75, 3.05) is 12.4 Å². The van der Waals surface area contributed by atoms with Crippen molar-refractivity contribution in [1.29, 1.82) is 0 Å². The molecule has 1 aliphatic rings. The molecule has 1 saturated carbocycles. The molecular weight excluding hydrogens is 320 g/mol. The van der Waals surface area contributed by atoms with Gasteiger partial charge in [0.05, 0.1) is 22.7 Å². The monoisotopic (exact) mass is 338 g/mol. The van der Waals surface area contributed by atoms with Crippen molar-refractivity contribution in [3.63, 3.8) is 0 Å². The van der Waals surface area contributed by atoms with Gasteiger partial charge in [-0.1, -0.05) is 41.7 Å². The maximum atomic E-state index is 12.9. The Kier molecular flexibility index (Phi) is 3.53. The maximum Gasteiger partial charge on any atom is 0.236 e. The molecule has 122 valence electrons. The van der Waals surface area contributed by atoms with Gasteiger partial charge in [0.2, 0.25) is 5.91 Å². The average Bonchev–Trinajstić information content (AvgIpc) is 3.30. The first-order chi connectivity index (χ1) is 11.6. The van der Waals surface area contributed by atoms with Crippen LogP contribution in [0.2, 0.25) is 0 Å². The Bertz CT molecular complexity index is 928. The van der Waals surface area contributed by atoms with Gasteiger partial charge in [-0.05, 0) is 37.5 Å². The van der Waals surface area contributed by atoms with Crippen LogP contribution >= 0.6 is 11.3 Å². The number of carbonyl (C=O) groups is 1. The summed E-state index contributed by atoms with van der Waals surface area (Å²) < 4.78 is 6.53. The molecule has 0 bridgehead atoms. The van der Waals surface area contributed by atoms with Gasteiger partial charge in [0.15, 0.2) is 5.13 Å². The molecule has 1 N–H and O–H groups in total. The first-order valence-corrected chi connectivity index (χ1v) is 8.77. The van der Waals surface area contributed by atoms with Gasteiger partial charge in [0.1, 0.15) is 5.75 Å². The Morgan fingerprint density at radius 2 is 2.00 bits per heavy atom. The molecule has 5 heteroatoms. The highest BCUT2D eigenvalue weighted by Gasteiger charge is 2.53. The van der Waals surface area contributed by atoms with Crippen LogP contribution in [0.25, 0.3) is 10.2 Å². The molecule has 0 spiro atoms. The normalized spacial score (nSPS) is 15.2. The number of carbonyl (C=O) groups excluding carboxylic acids is 1. The first kappa shape index (κ1) is 15.1. The van der Waals surface area contributed by atoms with Gasteiger partial charge in [-0.2, -0.15) is 0 Å². The molecule has 0 saturated heterocycles. The van der Waals surface area contributed by atoms with E-state index in [4.69, 9.17) is 4.74 Å². The van der Waals surface area contributed by atoms with Gasteiger partial charge in [0, 0.05) is 5.56 Å². The Hall–Kier alpha value is -2.40. The second kappa shape index (κ2) is 5.60. The van der Waals surface area contributed by atoms with Gasteiger partial charge in [0.25, 0.3) is 0 Å². The van der Waals surface area contributed by atoms with E-state index in [0.29, 0.717) is 5.13 Å². The molecule has 1 aliphatic carbocycles. The molecule has 24 heavy (non-hydrogen) atoms. The molecule has 1 aromatic heterocycles. The minimum atomic E-state index is -0.487. The molecule has 0 aliphatic heterocycles. The number of para-hydroxylation sites is 2. The van der Waals surface area contributed by atoms with Gasteiger partial charge < -0.3 is 10.1 Å². The molecule has 3 aromatic rings. The summed E-state index contributed by atoms with van der Waals surface area (Å²) in [4.78, 5) is 17.5. The predicted octanol–water partition coefficient (Wildman–Crippen LogP) is 4.28. The van der Waals surface area contributed by atoms with Crippen LogP contribution in [0, 0.1) is 6.92 Å². The fourth-order valence-corrected chi connectivity index (χ4v) is 4.08. The van der Waals surface area contributed by atoms with E-state index in [0.717, 1.165) is 39.9 Å². The second-order valence-electron chi connectivity index (χ2n) is 6.18. The van der Waals surface area contributed by atoms with Crippen molar-refractivity contribution in [2.24, 2.45) is 0 Å². The zero-order valence-electron chi connectivity index (χ0n) is 13.6. The summed E-state index contributed by atoms with van der Waals surface area (Å²) in [6.07, 6.45) is 1.67. The summed E-state index contributed by atoms with van der Waals surface area (Å²) in [6, 6.07) is 13.8. The van der Waals surface area contributed by atoms with Gasteiger partial charge >= 0.3 is 0 Å². The van der Waals surface area contributed by atoms with Crippen LogP contribution < -0.4 is 10.1 Å². The van der Waals surface area contributed by atoms with Crippen molar-refractivity contribution in [3.05, 3.63) is 53.6 Å². The van der Waals surface area contributed by atoms with Crippen molar-refractivity contribution in [3.8, 4) is 5.75 Å². The van der Waals surface area contributed by atoms with Crippen LogP contribution in [0.15, 0.2) is 42.5 Å². The largest absolute Gasteiger partial charge is 0.496 e. The number of nitrogens with zero attached hydrogens (tertiary/aromatic N) is 1. The van der Waals surface area contributed by atoms with E-state index in [1.807, 2.05) is 49.4 Å². The van der Waals surface area contributed by atoms with E-state index < -0.39 is 5.41 Å². The van der Waals surface area contributed by atoms with Crippen molar-refractivity contribution >= 4 is 32.6 Å². The standard InChI is InChI=1S/C19H18N2O2S/c1-12-6-5-9-15-16(12)20-18(24-15)21-17(22)19(10-11-19)13-7-3-4-8-14(13)23-2/h3-9H,10-11H2,1-2H3,(H,20,21,22). The van der Waals surface area contributed by atoms with E-state index >= 15 is 0 Å². The summed E-state index contributed by atoms with van der Waals surface area (Å²) in [5.74, 6) is 0.772. The Morgan fingerprint density at radius 1 is 1.21 bits per heavy atom. The molecule has 0 unspecified atom stereocenters. The fraction of sp³-hybridized carbons (Fsp3) is 0.263. The molecular formula is C19H18N2O2S. The third-order valence-electron chi connectivity index (χ3n) is 4.65. The topological polar surface area (TPSA) is 51.2 Å². The number of hydrogen-bond donors (Lipinski definition) is 1. The lowest BCUT2D eigenvalue weighted by molar-refractivity contribution is -0.118. The molecule has 4 rings (SSSR count). The summed E-state index contributed by atoms with van der Waals surface area (Å²) in [6.45, 7) is 2.03. The highest BCUT2D eigenvalue weighted by atomic mass is 32.1. The lowest BCUT2D eigenvalue weighted by atomic mass is 9.94. The number of thiazole rings is 1. The van der Waals surface area contributed by atoms with Crippen molar-refractivity contribution in [1.82, 2.24) is 4.98 Å². The van der Waals surface area contributed by atoms with Crippen molar-refractivity contribution < 1.29 is 9.53 Å². The number of nitrogens with one attached hydrogen (secondary N) is 1. The average molecular weight is 338 g/mol. The van der Waals surface area contributed by atoms with E-state index in [9.17, 15) is 4.79 Å². The number of benzene rings is 2. The summed E-state index contributed by atoms with van der Waals surface area (Å²) in [5, 5.41) is 3.68. The van der Waals surface area contributed by atoms with Crippen LogP contribution in [0.5, 0.6) is 5.75 Å². The minimum Gasteiger partial charge on any atom is -0.496 e. The quantitative estimate of drug-likeness (QED) is 0.772. The molecule has 0 radical (unpaired) electrons. The van der Waals surface area contributed by atoms with Crippen LogP contribution in [0.4, 0.5) is 5.13 Å². The highest BCUT2D eigenvalue weighted by Crippen LogP contribution is 2.52.